The summed E-state index contributed by atoms with van der Waals surface area (Å²) < 4.78 is 0. The average molecular weight is 170 g/mol. The van der Waals surface area contributed by atoms with Crippen LogP contribution in [0.25, 0.3) is 0 Å². The molecule has 0 radical (unpaired) electrons. The Labute approximate surface area is 69.2 Å². The molecular formula is C5H10N6O. The highest BCUT2D eigenvalue weighted by Gasteiger charge is 1.96. The number of nitrogens with zero attached hydrogens (tertiary/aromatic N) is 3. The molecule has 0 spiro atoms. The van der Waals surface area contributed by atoms with Crippen molar-refractivity contribution < 1.29 is 4.79 Å². The predicted octanol–water partition coefficient (Wildman–Crippen LogP) is -1.11. The highest BCUT2D eigenvalue weighted by atomic mass is 16.1. The number of nitrogen functional groups attached to an aromatic ring is 2. The lowest BCUT2D eigenvalue weighted by atomic mass is 10.8. The van der Waals surface area contributed by atoms with Crippen molar-refractivity contribution in [2.45, 2.75) is 0 Å². The van der Waals surface area contributed by atoms with Gasteiger partial charge >= 0.3 is 0 Å². The Kier molecular flexibility index (Phi) is 4.06. The van der Waals surface area contributed by atoms with Crippen LogP contribution in [0.4, 0.5) is 17.8 Å². The quantitative estimate of drug-likeness (QED) is 0.488. The number of nitrogens with one attached hydrogen (secondary N) is 1. The molecule has 1 rings (SSSR count). The highest BCUT2D eigenvalue weighted by Crippen LogP contribution is 2.00. The fraction of sp³-hybridized carbons (Fsp3) is 0.200. The van der Waals surface area contributed by atoms with Crippen molar-refractivity contribution >= 4 is 24.6 Å². The maximum atomic E-state index is 8.00. The van der Waals surface area contributed by atoms with E-state index in [1.165, 1.54) is 0 Å². The molecule has 1 heterocycles. The predicted molar refractivity (Wildman–Crippen MR) is 45.3 cm³/mol. The van der Waals surface area contributed by atoms with Gasteiger partial charge in [-0.3, -0.25) is 0 Å². The van der Waals surface area contributed by atoms with E-state index in [9.17, 15) is 0 Å². The Morgan fingerprint density at radius 3 is 1.92 bits per heavy atom. The molecule has 0 aliphatic rings. The van der Waals surface area contributed by atoms with E-state index < -0.39 is 0 Å². The van der Waals surface area contributed by atoms with Crippen LogP contribution < -0.4 is 16.8 Å². The van der Waals surface area contributed by atoms with Crippen LogP contribution in [-0.4, -0.2) is 28.8 Å². The van der Waals surface area contributed by atoms with Gasteiger partial charge in [-0.15, -0.1) is 0 Å². The van der Waals surface area contributed by atoms with E-state index in [0.29, 0.717) is 5.95 Å². The maximum Gasteiger partial charge on any atom is 0.229 e. The Hall–Kier alpha value is -1.92. The summed E-state index contributed by atoms with van der Waals surface area (Å²) >= 11 is 0. The Morgan fingerprint density at radius 1 is 1.17 bits per heavy atom. The van der Waals surface area contributed by atoms with Gasteiger partial charge in [-0.2, -0.15) is 15.0 Å². The van der Waals surface area contributed by atoms with Crippen LogP contribution in [0.1, 0.15) is 0 Å². The second-order valence-corrected chi connectivity index (χ2v) is 1.63. The summed E-state index contributed by atoms with van der Waals surface area (Å²) in [5.41, 5.74) is 10.5. The second kappa shape index (κ2) is 4.83. The molecule has 7 heteroatoms. The van der Waals surface area contributed by atoms with Crippen LogP contribution >= 0.6 is 0 Å². The summed E-state index contributed by atoms with van der Waals surface area (Å²) in [5.74, 6) is 0.624. The molecule has 66 valence electrons. The third kappa shape index (κ3) is 2.78. The molecule has 0 aliphatic heterocycles. The SMILES string of the molecule is C=O.CNc1nc(N)nc(N)n1. The van der Waals surface area contributed by atoms with E-state index in [0.717, 1.165) is 0 Å². The zero-order valence-electron chi connectivity index (χ0n) is 6.61. The first-order valence-electron chi connectivity index (χ1n) is 2.96. The summed E-state index contributed by atoms with van der Waals surface area (Å²) in [5, 5.41) is 2.69. The van der Waals surface area contributed by atoms with Gasteiger partial charge in [-0.1, -0.05) is 0 Å². The standard InChI is InChI=1S/C4H8N6.CH2O/c1-7-4-9-2(5)8-3(6)10-4;1-2/h1H3,(H5,5,6,7,8,9,10);1H2. The lowest BCUT2D eigenvalue weighted by molar-refractivity contribution is -0.0979. The monoisotopic (exact) mass is 170 g/mol. The third-order valence-corrected chi connectivity index (χ3v) is 0.894. The Balaban J connectivity index is 0.000000561. The van der Waals surface area contributed by atoms with E-state index >= 15 is 0 Å². The average Bonchev–Trinajstić information content (AvgIpc) is 2.06. The first kappa shape index (κ1) is 10.1. The molecule has 0 amide bonds. The molecule has 5 N–H and O–H groups in total. The zero-order chi connectivity index (χ0) is 9.56. The van der Waals surface area contributed by atoms with Crippen LogP contribution in [0.2, 0.25) is 0 Å². The van der Waals surface area contributed by atoms with Crippen molar-refractivity contribution in [1.82, 2.24) is 15.0 Å². The van der Waals surface area contributed by atoms with E-state index in [4.69, 9.17) is 16.3 Å². The molecule has 0 bridgehead atoms. The zero-order valence-corrected chi connectivity index (χ0v) is 6.61. The Morgan fingerprint density at radius 2 is 1.58 bits per heavy atom. The lowest BCUT2D eigenvalue weighted by Crippen LogP contribution is -2.06. The summed E-state index contributed by atoms with van der Waals surface area (Å²) in [4.78, 5) is 19.0. The minimum Gasteiger partial charge on any atom is -0.368 e. The third-order valence-electron chi connectivity index (χ3n) is 0.894. The Bertz CT molecular complexity index is 231. The molecule has 1 aromatic heterocycles. The number of hydrogen-bond donors (Lipinski definition) is 3. The number of nitrogens with two attached hydrogens (primary N) is 2. The van der Waals surface area contributed by atoms with E-state index in [1.807, 2.05) is 6.79 Å². The molecule has 0 saturated carbocycles. The van der Waals surface area contributed by atoms with Gasteiger partial charge in [0, 0.05) is 7.05 Å². The molecule has 0 unspecified atom stereocenters. The minimum absolute atomic E-state index is 0.122. The fourth-order valence-corrected chi connectivity index (χ4v) is 0.521. The van der Waals surface area contributed by atoms with Crippen molar-refractivity contribution in [3.05, 3.63) is 0 Å². The molecule has 12 heavy (non-hydrogen) atoms. The topological polar surface area (TPSA) is 120 Å². The number of aromatic nitrogens is 3. The van der Waals surface area contributed by atoms with E-state index in [-0.39, 0.29) is 11.9 Å². The maximum absolute atomic E-state index is 8.00. The van der Waals surface area contributed by atoms with Crippen LogP contribution in [0, 0.1) is 0 Å². The normalized spacial score (nSPS) is 8.08. The summed E-state index contributed by atoms with van der Waals surface area (Å²) in [7, 11) is 1.67. The van der Waals surface area contributed by atoms with Crippen LogP contribution in [-0.2, 0) is 4.79 Å². The number of rotatable bonds is 1. The first-order chi connectivity index (χ1) is 5.72. The number of carbonyl (C=O) groups is 1. The second-order valence-electron chi connectivity index (χ2n) is 1.63. The van der Waals surface area contributed by atoms with Gasteiger partial charge in [0.15, 0.2) is 0 Å². The molecule has 1 aromatic rings. The van der Waals surface area contributed by atoms with E-state index in [1.54, 1.807) is 7.05 Å². The van der Waals surface area contributed by atoms with Gasteiger partial charge in [-0.25, -0.2) is 0 Å². The molecule has 0 fully saturated rings. The summed E-state index contributed by atoms with van der Waals surface area (Å²) in [6.07, 6.45) is 0. The largest absolute Gasteiger partial charge is 0.368 e. The van der Waals surface area contributed by atoms with Gasteiger partial charge in [0.1, 0.15) is 6.79 Å². The van der Waals surface area contributed by atoms with Crippen molar-refractivity contribution in [3.8, 4) is 0 Å². The van der Waals surface area contributed by atoms with Gasteiger partial charge in [0.25, 0.3) is 0 Å². The van der Waals surface area contributed by atoms with Gasteiger partial charge < -0.3 is 21.6 Å². The smallest absolute Gasteiger partial charge is 0.229 e. The summed E-state index contributed by atoms with van der Waals surface area (Å²) in [6, 6.07) is 0. The summed E-state index contributed by atoms with van der Waals surface area (Å²) in [6.45, 7) is 2.00. The number of hydrogen-bond acceptors (Lipinski definition) is 7. The first-order valence-corrected chi connectivity index (χ1v) is 2.96. The van der Waals surface area contributed by atoms with Crippen molar-refractivity contribution in [2.24, 2.45) is 0 Å². The molecule has 0 aromatic carbocycles. The van der Waals surface area contributed by atoms with Crippen LogP contribution in [0.3, 0.4) is 0 Å². The van der Waals surface area contributed by atoms with Crippen LogP contribution in [0.15, 0.2) is 0 Å². The highest BCUT2D eigenvalue weighted by molar-refractivity contribution is 5.36. The van der Waals surface area contributed by atoms with Gasteiger partial charge in [-0.05, 0) is 0 Å². The van der Waals surface area contributed by atoms with Gasteiger partial charge in [0.2, 0.25) is 17.8 Å². The fourth-order valence-electron chi connectivity index (χ4n) is 0.521. The van der Waals surface area contributed by atoms with Crippen molar-refractivity contribution in [2.75, 3.05) is 23.8 Å². The van der Waals surface area contributed by atoms with Crippen molar-refractivity contribution in [3.63, 3.8) is 0 Å². The molecule has 0 aliphatic carbocycles. The molecule has 0 atom stereocenters. The number of anilines is 3. The molecule has 0 saturated heterocycles. The molecule has 7 nitrogen and oxygen atoms in total. The van der Waals surface area contributed by atoms with E-state index in [2.05, 4.69) is 20.3 Å². The molecular weight excluding hydrogens is 160 g/mol. The van der Waals surface area contributed by atoms with Crippen molar-refractivity contribution in [1.29, 1.82) is 0 Å². The minimum atomic E-state index is 0.122. The number of carbonyl (C=O) groups excluding carboxylic acids is 1. The van der Waals surface area contributed by atoms with Gasteiger partial charge in [0.05, 0.1) is 0 Å². The lowest BCUT2D eigenvalue weighted by Gasteiger charge is -1.98. The van der Waals surface area contributed by atoms with Crippen LogP contribution in [0.5, 0.6) is 0 Å².